The summed E-state index contributed by atoms with van der Waals surface area (Å²) >= 11 is 8.11. The van der Waals surface area contributed by atoms with Gasteiger partial charge >= 0.3 is 51.4 Å². The summed E-state index contributed by atoms with van der Waals surface area (Å²) in [6.07, 6.45) is 6.05. The average Bonchev–Trinajstić information content (AvgIpc) is 0.672. The normalized spacial score (nSPS) is 14.2. The van der Waals surface area contributed by atoms with Gasteiger partial charge in [0.25, 0.3) is 6.71 Å². The molecule has 0 fully saturated rings. The van der Waals surface area contributed by atoms with Gasteiger partial charge in [0.05, 0.1) is 47.0 Å². The minimum atomic E-state index is -0.813. The van der Waals surface area contributed by atoms with Crippen LogP contribution in [0.3, 0.4) is 0 Å². The summed E-state index contributed by atoms with van der Waals surface area (Å²) in [7, 11) is 0. The fraction of sp³-hybridized carbons (Fsp3) is 0.323. The van der Waals surface area contributed by atoms with E-state index in [1.165, 1.54) is 11.1 Å². The molecule has 0 radical (unpaired) electrons. The third-order valence-electron chi connectivity index (χ3n) is 29.7. The van der Waals surface area contributed by atoms with Crippen LogP contribution >= 0.6 is 11.6 Å². The first-order chi connectivity index (χ1) is 68.9. The number of para-hydroxylation sites is 4. The predicted octanol–water partition coefficient (Wildman–Crippen LogP) is 29.5. The zero-order valence-corrected chi connectivity index (χ0v) is 89.8. The maximum Gasteiger partial charge on any atom is 1.00 e. The summed E-state index contributed by atoms with van der Waals surface area (Å²) in [5, 5.41) is 0.0930. The van der Waals surface area contributed by atoms with Crippen molar-refractivity contribution in [1.82, 2.24) is 0 Å². The number of fused-ring (bicyclic) bond motifs is 4. The second-order valence-corrected chi connectivity index (χ2v) is 41.4. The molecule has 134 heavy (non-hydrogen) atoms. The van der Waals surface area contributed by atoms with Crippen molar-refractivity contribution in [3.05, 3.63) is 377 Å². The average molecular weight is 1940 g/mol. The monoisotopic (exact) mass is 1940 g/mol. The van der Waals surface area contributed by atoms with Crippen molar-refractivity contribution in [2.24, 2.45) is 0 Å². The van der Waals surface area contributed by atoms with E-state index in [-0.39, 0.29) is 209 Å². The Labute approximate surface area is 890 Å². The maximum absolute atomic E-state index is 10.6. The van der Waals surface area contributed by atoms with Crippen LogP contribution in [0.15, 0.2) is 327 Å². The van der Waals surface area contributed by atoms with Crippen LogP contribution in [-0.2, 0) is 43.3 Å². The summed E-state index contributed by atoms with van der Waals surface area (Å²) in [6.45, 7) is 49.6. The largest absolute Gasteiger partial charge is 1.00 e. The summed E-state index contributed by atoms with van der Waals surface area (Å²) < 4.78 is 140. The van der Waals surface area contributed by atoms with Crippen molar-refractivity contribution in [1.29, 1.82) is 0 Å². The predicted molar refractivity (Wildman–Crippen MR) is 577 cm³/mol. The number of hydrogen-bond donors (Lipinski definition) is 0. The standard InChI is InChI=1S/C62H70BN3.C62H72ClN3.HI.K/c1-13-59(5,6)43-27-33-49(34-28-43)65-54-37-31-45(61(9,10)15-3)39-52(54)63-53-40-46(62(11,12)16-4)32-38-55(53)66(50-35-29-44(30-36-50)60(7,8)14-2)57-42-51(41-56(65)58(57)63)64(47-23-19-17-20-24-47)48-25-21-18-22-26-48;1-13-59(5,6)45-27-35-51(36-28-45)65(52-37-29-46(30-38-52)60(7,8)14-2)56-43-55(64(49-23-19-17-20-24-49)50-25-21-18-22-26-50)44-57(58(56)63)66(53-39-31-47(32-40-53)61(9,10)15-3)54-41-33-48(34-42-54)62(11,12)16-4;;/h17-42H,13-16H2,1-12H3;17-44H,13-16H2,1-12H3;1H;/q;;;+1/p-1/i31D,32D,37D,38D,39D,40D;27D,28D,31D,32D,35D,36D,39D,40D;;. The van der Waals surface area contributed by atoms with E-state index in [1.54, 1.807) is 9.80 Å². The molecule has 0 bridgehead atoms. The van der Waals surface area contributed by atoms with Gasteiger partial charge in [-0.2, -0.15) is 0 Å². The van der Waals surface area contributed by atoms with Gasteiger partial charge in [-0.3, -0.25) is 0 Å². The Bertz CT molecular complexity index is 6760. The quantitative estimate of drug-likeness (QED) is 0.0328. The molecule has 686 valence electrons. The van der Waals surface area contributed by atoms with E-state index < -0.39 is 28.4 Å². The van der Waals surface area contributed by atoms with Gasteiger partial charge in [0.1, 0.15) is 0 Å². The molecule has 0 amide bonds. The van der Waals surface area contributed by atoms with Crippen molar-refractivity contribution in [2.75, 3.05) is 29.4 Å². The van der Waals surface area contributed by atoms with Gasteiger partial charge in [0, 0.05) is 79.6 Å². The first-order valence-corrected chi connectivity index (χ1v) is 48.2. The Morgan fingerprint density at radius 3 is 0.754 bits per heavy atom. The molecule has 2 aliphatic rings. The third kappa shape index (κ3) is 20.6. The van der Waals surface area contributed by atoms with Crippen molar-refractivity contribution in [2.45, 2.75) is 261 Å². The van der Waals surface area contributed by atoms with Gasteiger partial charge in [-0.05, 0) is 313 Å². The molecule has 14 aromatic rings. The molecule has 16 rings (SSSR count). The van der Waals surface area contributed by atoms with Crippen LogP contribution in [0.4, 0.5) is 102 Å². The van der Waals surface area contributed by atoms with E-state index in [2.05, 4.69) is 229 Å². The van der Waals surface area contributed by atoms with E-state index >= 15 is 0 Å². The Hall–Kier alpha value is -9.40. The Balaban J connectivity index is 0.000000244. The molecule has 0 aliphatic carbocycles. The number of anilines is 18. The first-order valence-electron chi connectivity index (χ1n) is 54.8. The maximum atomic E-state index is 10.6. The smallest absolute Gasteiger partial charge is 1.00 e. The molecule has 6 nitrogen and oxygen atoms in total. The van der Waals surface area contributed by atoms with Crippen LogP contribution in [0.2, 0.25) is 5.02 Å². The SMILES string of the molecule is [2H]c1c([2H])c(C(C)(C)CC)c([2H])c([2H])c1N(c1ccc(C(C)(C)CC)cc1)c1cc(N(c2ccccc2)c2ccccc2)cc(N(c2ccc(C(C)(C)CC)cc2)c2c([2H])c([2H])c(C(C)(C)CC)c([2H])c2[2H])c1Cl.[2H]c1c([2H])c(C(C)(C)CC)c([2H])c2c1N(c1ccc(C(C)(C)CC)cc1)c1cc(N(c3ccccc3)c3ccccc3)cc3c1B2c1c([2H])c(C(C)(C)CC)c([2H])c([2H])c1N3c1ccc(C(C)(C)CC)cc1.[I-].[K+]. The second kappa shape index (κ2) is 41.5. The molecule has 0 N–H and O–H groups in total. The van der Waals surface area contributed by atoms with E-state index in [0.29, 0.717) is 87.3 Å². The fourth-order valence-electron chi connectivity index (χ4n) is 17.2. The molecular weight excluding hydrogens is 1790 g/mol. The molecule has 14 aromatic carbocycles. The van der Waals surface area contributed by atoms with E-state index in [1.807, 2.05) is 199 Å². The minimum Gasteiger partial charge on any atom is -1.00 e. The minimum absolute atomic E-state index is 0. The number of halogens is 2. The number of benzene rings is 14. The number of hydrogen-bond acceptors (Lipinski definition) is 6. The van der Waals surface area contributed by atoms with Gasteiger partial charge in [0.2, 0.25) is 0 Å². The van der Waals surface area contributed by atoms with Crippen LogP contribution in [0, 0.1) is 0 Å². The first kappa shape index (κ1) is 83.9. The Kier molecular flexibility index (Phi) is 26.0. The van der Waals surface area contributed by atoms with Crippen molar-refractivity contribution in [3.63, 3.8) is 0 Å². The van der Waals surface area contributed by atoms with Gasteiger partial charge < -0.3 is 53.4 Å². The van der Waals surface area contributed by atoms with Crippen LogP contribution in [0.25, 0.3) is 0 Å². The van der Waals surface area contributed by atoms with Crippen molar-refractivity contribution >= 4 is 137 Å². The molecule has 10 heteroatoms. The molecule has 2 aliphatic heterocycles. The van der Waals surface area contributed by atoms with Crippen LogP contribution < -0.4 is 121 Å². The van der Waals surface area contributed by atoms with E-state index in [4.69, 9.17) is 11.6 Å². The molecular formula is C124H142BClIKN6. The van der Waals surface area contributed by atoms with E-state index in [9.17, 15) is 19.2 Å². The van der Waals surface area contributed by atoms with Crippen LogP contribution in [0.5, 0.6) is 0 Å². The summed E-state index contributed by atoms with van der Waals surface area (Å²) in [4.78, 5) is 11.9. The molecule has 0 aromatic heterocycles. The topological polar surface area (TPSA) is 19.4 Å². The second-order valence-electron chi connectivity index (χ2n) is 41.0. The summed E-state index contributed by atoms with van der Waals surface area (Å²) in [5.41, 5.74) is 15.2. The van der Waals surface area contributed by atoms with Gasteiger partial charge in [0.15, 0.2) is 0 Å². The molecule has 2 heterocycles. The van der Waals surface area contributed by atoms with Gasteiger partial charge in [-0.25, -0.2) is 0 Å². The molecule has 0 saturated carbocycles. The number of rotatable bonds is 30. The zero-order chi connectivity index (χ0) is 106. The van der Waals surface area contributed by atoms with Crippen molar-refractivity contribution in [3.8, 4) is 0 Å². The van der Waals surface area contributed by atoms with Crippen LogP contribution in [0.1, 0.15) is 281 Å². The van der Waals surface area contributed by atoms with Crippen molar-refractivity contribution < 1.29 is 94.6 Å². The zero-order valence-electron chi connectivity index (χ0n) is 97.8. The van der Waals surface area contributed by atoms with Gasteiger partial charge in [-0.1, -0.05) is 347 Å². The number of nitrogens with zero attached hydrogens (tertiary/aromatic N) is 6. The van der Waals surface area contributed by atoms with Crippen LogP contribution in [-0.4, -0.2) is 6.71 Å². The Morgan fingerprint density at radius 1 is 0.254 bits per heavy atom. The summed E-state index contributed by atoms with van der Waals surface area (Å²) in [6, 6.07) is 80.2. The molecule has 0 saturated heterocycles. The van der Waals surface area contributed by atoms with E-state index in [0.717, 1.165) is 93.5 Å². The molecule has 0 unspecified atom stereocenters. The van der Waals surface area contributed by atoms with Gasteiger partial charge in [-0.15, -0.1) is 0 Å². The molecule has 0 atom stereocenters. The molecule has 0 spiro atoms. The Morgan fingerprint density at radius 2 is 0.485 bits per heavy atom. The summed E-state index contributed by atoms with van der Waals surface area (Å²) in [5.74, 6) is 0. The third-order valence-corrected chi connectivity index (χ3v) is 30.1. The fourth-order valence-corrected chi connectivity index (χ4v) is 17.5.